The minimum absolute atomic E-state index is 0.0747. The fourth-order valence-corrected chi connectivity index (χ4v) is 7.45. The Kier molecular flexibility index (Phi) is 6.36. The van der Waals surface area contributed by atoms with Crippen LogP contribution in [0.3, 0.4) is 0 Å². The lowest BCUT2D eigenvalue weighted by Crippen LogP contribution is -2.55. The first-order valence-corrected chi connectivity index (χ1v) is 13.4. The Labute approximate surface area is 194 Å². The average molecular weight is 495 g/mol. The summed E-state index contributed by atoms with van der Waals surface area (Å²) in [5, 5.41) is 0. The van der Waals surface area contributed by atoms with Gasteiger partial charge in [0.05, 0.1) is 23.5 Å². The first-order chi connectivity index (χ1) is 15.6. The minimum atomic E-state index is -3.89. The molecule has 0 N–H and O–H groups in total. The number of ether oxygens (including phenoxy) is 2. The molecular formula is C22H26N2O7S2. The summed E-state index contributed by atoms with van der Waals surface area (Å²) in [6, 6.07) is 12.0. The summed E-state index contributed by atoms with van der Waals surface area (Å²) in [6.07, 6.45) is 0.431. The van der Waals surface area contributed by atoms with Crippen molar-refractivity contribution >= 4 is 25.8 Å². The molecule has 0 atom stereocenters. The number of sulfonamides is 2. The van der Waals surface area contributed by atoms with E-state index in [9.17, 15) is 21.6 Å². The number of methoxy groups -OCH3 is 1. The van der Waals surface area contributed by atoms with Gasteiger partial charge in [0.1, 0.15) is 11.5 Å². The SMILES string of the molecule is COc1ccc(S(=O)(=O)N2CCC3(CC2)OCCN3S(=O)(=O)c2ccc(C(C)=O)cc2)cc1. The number of rotatable bonds is 6. The van der Waals surface area contributed by atoms with Crippen LogP contribution in [-0.4, -0.2) is 70.3 Å². The van der Waals surface area contributed by atoms with Gasteiger partial charge in [0.25, 0.3) is 0 Å². The Balaban J connectivity index is 1.53. The van der Waals surface area contributed by atoms with E-state index in [1.807, 2.05) is 0 Å². The molecule has 178 valence electrons. The number of ketones is 1. The third kappa shape index (κ3) is 4.31. The molecule has 0 amide bonds. The molecule has 2 fully saturated rings. The van der Waals surface area contributed by atoms with Gasteiger partial charge in [-0.25, -0.2) is 16.8 Å². The largest absolute Gasteiger partial charge is 0.497 e. The number of hydrogen-bond donors (Lipinski definition) is 0. The van der Waals surface area contributed by atoms with Crippen molar-refractivity contribution in [3.8, 4) is 5.75 Å². The first-order valence-electron chi connectivity index (χ1n) is 10.5. The van der Waals surface area contributed by atoms with E-state index in [1.165, 1.54) is 59.0 Å². The predicted molar refractivity (Wildman–Crippen MR) is 120 cm³/mol. The molecule has 33 heavy (non-hydrogen) atoms. The van der Waals surface area contributed by atoms with Crippen LogP contribution in [0.1, 0.15) is 30.1 Å². The van der Waals surface area contributed by atoms with Crippen LogP contribution in [-0.2, 0) is 24.8 Å². The monoisotopic (exact) mass is 494 g/mol. The maximum atomic E-state index is 13.4. The smallest absolute Gasteiger partial charge is 0.245 e. The van der Waals surface area contributed by atoms with Crippen molar-refractivity contribution in [2.45, 2.75) is 35.3 Å². The summed E-state index contributed by atoms with van der Waals surface area (Å²) >= 11 is 0. The highest BCUT2D eigenvalue weighted by molar-refractivity contribution is 7.89. The van der Waals surface area contributed by atoms with E-state index in [-0.39, 0.29) is 54.7 Å². The van der Waals surface area contributed by atoms with Crippen LogP contribution in [0.25, 0.3) is 0 Å². The van der Waals surface area contributed by atoms with E-state index in [0.29, 0.717) is 11.3 Å². The number of hydrogen-bond acceptors (Lipinski definition) is 7. The Bertz CT molecular complexity index is 1230. The van der Waals surface area contributed by atoms with Gasteiger partial charge in [-0.2, -0.15) is 8.61 Å². The zero-order valence-corrected chi connectivity index (χ0v) is 20.1. The molecule has 11 heteroatoms. The summed E-state index contributed by atoms with van der Waals surface area (Å²) in [4.78, 5) is 11.7. The molecule has 2 heterocycles. The van der Waals surface area contributed by atoms with Crippen molar-refractivity contribution < 1.29 is 31.1 Å². The predicted octanol–water partition coefficient (Wildman–Crippen LogP) is 2.10. The topological polar surface area (TPSA) is 110 Å². The van der Waals surface area contributed by atoms with Gasteiger partial charge in [0.2, 0.25) is 20.0 Å². The highest BCUT2D eigenvalue weighted by Gasteiger charge is 2.51. The summed E-state index contributed by atoms with van der Waals surface area (Å²) < 4.78 is 66.5. The molecule has 2 aromatic rings. The second kappa shape index (κ2) is 8.80. The van der Waals surface area contributed by atoms with E-state index in [1.54, 1.807) is 12.1 Å². The molecule has 4 rings (SSSR count). The fourth-order valence-electron chi connectivity index (χ4n) is 4.29. The third-order valence-electron chi connectivity index (χ3n) is 6.17. The zero-order chi connectivity index (χ0) is 23.9. The lowest BCUT2D eigenvalue weighted by atomic mass is 10.0. The Morgan fingerprint density at radius 3 is 1.97 bits per heavy atom. The summed E-state index contributed by atoms with van der Waals surface area (Å²) in [6.45, 7) is 2.09. The van der Waals surface area contributed by atoms with Crippen LogP contribution in [0.4, 0.5) is 0 Å². The lowest BCUT2D eigenvalue weighted by molar-refractivity contribution is -0.0806. The molecule has 0 unspecified atom stereocenters. The van der Waals surface area contributed by atoms with Gasteiger partial charge in [-0.05, 0) is 43.3 Å². The van der Waals surface area contributed by atoms with Crippen molar-refractivity contribution in [2.75, 3.05) is 33.4 Å². The number of Topliss-reactive ketones (excluding diaryl/α,β-unsaturated/α-hetero) is 1. The van der Waals surface area contributed by atoms with E-state index < -0.39 is 25.8 Å². The van der Waals surface area contributed by atoms with Gasteiger partial charge in [-0.1, -0.05) is 12.1 Å². The molecule has 0 radical (unpaired) electrons. The molecule has 2 aliphatic heterocycles. The van der Waals surface area contributed by atoms with Gasteiger partial charge in [-0.15, -0.1) is 0 Å². The van der Waals surface area contributed by atoms with Crippen LogP contribution in [0.2, 0.25) is 0 Å². The fraction of sp³-hybridized carbons (Fsp3) is 0.409. The molecule has 0 bridgehead atoms. The molecule has 0 aromatic heterocycles. The van der Waals surface area contributed by atoms with Crippen LogP contribution in [0.5, 0.6) is 5.75 Å². The average Bonchev–Trinajstić information content (AvgIpc) is 3.23. The molecule has 0 aliphatic carbocycles. The summed E-state index contributed by atoms with van der Waals surface area (Å²) in [5.41, 5.74) is -0.664. The Morgan fingerprint density at radius 2 is 1.42 bits per heavy atom. The van der Waals surface area contributed by atoms with Gasteiger partial charge in [0, 0.05) is 38.0 Å². The molecule has 2 aliphatic rings. The Morgan fingerprint density at radius 1 is 0.879 bits per heavy atom. The van der Waals surface area contributed by atoms with Crippen molar-refractivity contribution in [1.82, 2.24) is 8.61 Å². The van der Waals surface area contributed by atoms with Crippen molar-refractivity contribution in [2.24, 2.45) is 0 Å². The maximum absolute atomic E-state index is 13.4. The second-order valence-electron chi connectivity index (χ2n) is 8.03. The normalized spacial score (nSPS) is 19.6. The maximum Gasteiger partial charge on any atom is 0.245 e. The van der Waals surface area contributed by atoms with E-state index >= 15 is 0 Å². The van der Waals surface area contributed by atoms with Crippen molar-refractivity contribution in [3.63, 3.8) is 0 Å². The highest BCUT2D eigenvalue weighted by Crippen LogP contribution is 2.39. The lowest BCUT2D eigenvalue weighted by Gasteiger charge is -2.42. The van der Waals surface area contributed by atoms with Crippen LogP contribution < -0.4 is 4.74 Å². The van der Waals surface area contributed by atoms with Crippen LogP contribution in [0, 0.1) is 0 Å². The molecule has 0 saturated carbocycles. The van der Waals surface area contributed by atoms with Crippen molar-refractivity contribution in [1.29, 1.82) is 0 Å². The van der Waals surface area contributed by atoms with Crippen molar-refractivity contribution in [3.05, 3.63) is 54.1 Å². The standard InChI is InChI=1S/C22H26N2O7S2/c1-17(25)18-3-7-21(8-4-18)33(28,29)24-15-16-31-22(24)11-13-23(14-12-22)32(26,27)20-9-5-19(30-2)6-10-20/h3-10H,11-16H2,1-2H3. The van der Waals surface area contributed by atoms with E-state index in [4.69, 9.17) is 9.47 Å². The molecule has 1 spiro atoms. The highest BCUT2D eigenvalue weighted by atomic mass is 32.2. The van der Waals surface area contributed by atoms with E-state index in [2.05, 4.69) is 0 Å². The number of piperidine rings is 1. The number of nitrogens with zero attached hydrogens (tertiary/aromatic N) is 2. The second-order valence-corrected chi connectivity index (χ2v) is 11.8. The third-order valence-corrected chi connectivity index (χ3v) is 10.0. The molecule has 2 aromatic carbocycles. The molecule has 9 nitrogen and oxygen atoms in total. The Hall–Kier alpha value is -2.31. The van der Waals surface area contributed by atoms with Gasteiger partial charge < -0.3 is 9.47 Å². The summed E-state index contributed by atoms with van der Waals surface area (Å²) in [7, 11) is -6.11. The van der Waals surface area contributed by atoms with Gasteiger partial charge in [0.15, 0.2) is 5.78 Å². The minimum Gasteiger partial charge on any atom is -0.497 e. The zero-order valence-electron chi connectivity index (χ0n) is 18.4. The summed E-state index contributed by atoms with van der Waals surface area (Å²) in [5.74, 6) is 0.411. The molecule has 2 saturated heterocycles. The number of carbonyl (C=O) groups excluding carboxylic acids is 1. The van der Waals surface area contributed by atoms with Crippen LogP contribution >= 0.6 is 0 Å². The van der Waals surface area contributed by atoms with Gasteiger partial charge >= 0.3 is 0 Å². The number of carbonyl (C=O) groups is 1. The van der Waals surface area contributed by atoms with Crippen LogP contribution in [0.15, 0.2) is 58.3 Å². The number of benzene rings is 2. The first kappa shape index (κ1) is 23.8. The molecular weight excluding hydrogens is 468 g/mol. The van der Waals surface area contributed by atoms with Gasteiger partial charge in [-0.3, -0.25) is 4.79 Å². The van der Waals surface area contributed by atoms with E-state index in [0.717, 1.165) is 0 Å². The quantitative estimate of drug-likeness (QED) is 0.566.